The minimum absolute atomic E-state index is 0.513. The average Bonchev–Trinajstić information content (AvgIpc) is 2.64. The third-order valence-corrected chi connectivity index (χ3v) is 2.03. The number of hydrogen-bond acceptors (Lipinski definition) is 2. The van der Waals surface area contributed by atoms with Crippen molar-refractivity contribution >= 4 is 0 Å². The van der Waals surface area contributed by atoms with E-state index in [1.165, 1.54) is 6.07 Å². The van der Waals surface area contributed by atoms with Crippen molar-refractivity contribution in [3.63, 3.8) is 0 Å². The van der Waals surface area contributed by atoms with Gasteiger partial charge in [0.1, 0.15) is 11.5 Å². The van der Waals surface area contributed by atoms with Crippen LogP contribution in [0.25, 0.3) is 11.4 Å². The number of aromatic nitrogens is 3. The van der Waals surface area contributed by atoms with Gasteiger partial charge in [0, 0.05) is 23.7 Å². The molecular formula is C10H8F3N3. The van der Waals surface area contributed by atoms with E-state index in [-0.39, 0.29) is 0 Å². The maximum Gasteiger partial charge on any atom is 0.433 e. The van der Waals surface area contributed by atoms with E-state index in [4.69, 9.17) is 0 Å². The quantitative estimate of drug-likeness (QED) is 0.813. The highest BCUT2D eigenvalue weighted by molar-refractivity contribution is 5.53. The molecule has 0 bridgehead atoms. The summed E-state index contributed by atoms with van der Waals surface area (Å²) in [6.07, 6.45) is -1.65. The molecule has 2 rings (SSSR count). The van der Waals surface area contributed by atoms with Crippen LogP contribution in [0.2, 0.25) is 0 Å². The van der Waals surface area contributed by atoms with E-state index in [2.05, 4.69) is 15.0 Å². The van der Waals surface area contributed by atoms with Crippen LogP contribution in [0.5, 0.6) is 0 Å². The third-order valence-electron chi connectivity index (χ3n) is 2.03. The van der Waals surface area contributed by atoms with Crippen LogP contribution in [0, 0.1) is 6.92 Å². The van der Waals surface area contributed by atoms with Crippen LogP contribution in [0.3, 0.4) is 0 Å². The lowest BCUT2D eigenvalue weighted by atomic mass is 10.2. The number of alkyl halides is 3. The molecule has 2 aromatic rings. The van der Waals surface area contributed by atoms with Crippen LogP contribution in [0.1, 0.15) is 11.4 Å². The van der Waals surface area contributed by atoms with Gasteiger partial charge in [-0.3, -0.25) is 4.98 Å². The number of hydrogen-bond donors (Lipinski definition) is 1. The second-order valence-electron chi connectivity index (χ2n) is 3.34. The highest BCUT2D eigenvalue weighted by Crippen LogP contribution is 2.28. The number of pyridine rings is 1. The normalized spacial score (nSPS) is 11.8. The molecule has 0 aliphatic heterocycles. The van der Waals surface area contributed by atoms with E-state index >= 15 is 0 Å². The summed E-state index contributed by atoms with van der Waals surface area (Å²) in [5.41, 5.74) is 0.468. The van der Waals surface area contributed by atoms with Crippen LogP contribution in [-0.2, 0) is 6.18 Å². The Bertz CT molecular complexity index is 485. The van der Waals surface area contributed by atoms with E-state index in [0.29, 0.717) is 11.4 Å². The summed E-state index contributed by atoms with van der Waals surface area (Å²) in [7, 11) is 0. The Morgan fingerprint density at radius 2 is 1.88 bits per heavy atom. The number of nitrogens with one attached hydrogen (secondary N) is 1. The van der Waals surface area contributed by atoms with Crippen molar-refractivity contribution in [3.05, 3.63) is 35.9 Å². The Balaban J connectivity index is 2.33. The highest BCUT2D eigenvalue weighted by atomic mass is 19.4. The van der Waals surface area contributed by atoms with Crippen molar-refractivity contribution in [3.8, 4) is 11.4 Å². The fraction of sp³-hybridized carbons (Fsp3) is 0.200. The van der Waals surface area contributed by atoms with Gasteiger partial charge in [-0.25, -0.2) is 4.98 Å². The lowest BCUT2D eigenvalue weighted by Gasteiger charge is -2.05. The van der Waals surface area contributed by atoms with Gasteiger partial charge in [0.2, 0.25) is 0 Å². The molecule has 2 aromatic heterocycles. The van der Waals surface area contributed by atoms with Crippen molar-refractivity contribution < 1.29 is 13.2 Å². The van der Waals surface area contributed by atoms with Crippen molar-refractivity contribution in [1.29, 1.82) is 0 Å². The zero-order valence-electron chi connectivity index (χ0n) is 8.34. The maximum absolute atomic E-state index is 12.2. The Kier molecular flexibility index (Phi) is 2.41. The first-order valence-electron chi connectivity index (χ1n) is 4.52. The number of imidazole rings is 1. The molecule has 84 valence electrons. The van der Waals surface area contributed by atoms with Gasteiger partial charge in [0.15, 0.2) is 0 Å². The van der Waals surface area contributed by atoms with Crippen molar-refractivity contribution in [1.82, 2.24) is 15.0 Å². The predicted molar refractivity (Wildman–Crippen MR) is 51.6 cm³/mol. The fourth-order valence-corrected chi connectivity index (χ4v) is 1.26. The second-order valence-corrected chi connectivity index (χ2v) is 3.34. The molecule has 0 unspecified atom stereocenters. The van der Waals surface area contributed by atoms with Gasteiger partial charge < -0.3 is 4.98 Å². The van der Waals surface area contributed by atoms with Gasteiger partial charge in [0.25, 0.3) is 0 Å². The molecule has 6 heteroatoms. The Morgan fingerprint density at radius 1 is 1.12 bits per heavy atom. The summed E-state index contributed by atoms with van der Waals surface area (Å²) in [6, 6.07) is 2.28. The monoisotopic (exact) mass is 227 g/mol. The molecule has 0 amide bonds. The zero-order valence-corrected chi connectivity index (χ0v) is 8.34. The molecule has 0 spiro atoms. The fourth-order valence-electron chi connectivity index (χ4n) is 1.26. The molecule has 0 fully saturated rings. The molecule has 0 radical (unpaired) electrons. The molecule has 1 N–H and O–H groups in total. The largest absolute Gasteiger partial charge is 0.433 e. The number of rotatable bonds is 1. The Hall–Kier alpha value is -1.85. The van der Waals surface area contributed by atoms with E-state index in [1.54, 1.807) is 6.20 Å². The third kappa shape index (κ3) is 2.05. The molecule has 2 heterocycles. The summed E-state index contributed by atoms with van der Waals surface area (Å²) in [6.45, 7) is 1.81. The van der Waals surface area contributed by atoms with Crippen LogP contribution in [0.15, 0.2) is 24.5 Å². The number of aromatic amines is 1. The summed E-state index contributed by atoms with van der Waals surface area (Å²) in [4.78, 5) is 10.3. The Labute approximate surface area is 89.4 Å². The van der Waals surface area contributed by atoms with Gasteiger partial charge in [-0.15, -0.1) is 0 Å². The summed E-state index contributed by atoms with van der Waals surface area (Å²) in [5, 5.41) is 0. The van der Waals surface area contributed by atoms with E-state index in [0.717, 1.165) is 18.0 Å². The summed E-state index contributed by atoms with van der Waals surface area (Å²) >= 11 is 0. The smallest absolute Gasteiger partial charge is 0.342 e. The summed E-state index contributed by atoms with van der Waals surface area (Å²) < 4.78 is 36.7. The highest BCUT2D eigenvalue weighted by Gasteiger charge is 2.32. The van der Waals surface area contributed by atoms with Gasteiger partial charge in [-0.05, 0) is 19.1 Å². The second kappa shape index (κ2) is 3.62. The zero-order chi connectivity index (χ0) is 11.8. The lowest BCUT2D eigenvalue weighted by Crippen LogP contribution is -2.07. The minimum Gasteiger partial charge on any atom is -0.342 e. The summed E-state index contributed by atoms with van der Waals surface area (Å²) in [5.74, 6) is 0.513. The van der Waals surface area contributed by atoms with Gasteiger partial charge >= 0.3 is 6.18 Å². The first kappa shape index (κ1) is 10.7. The number of aryl methyl sites for hydroxylation is 1. The standard InChI is InChI=1S/C10H8F3N3/c1-6-4-15-9(16-6)7-2-3-8(14-5-7)10(11,12)13/h2-5H,1H3,(H,15,16). The van der Waals surface area contributed by atoms with Gasteiger partial charge in [0.05, 0.1) is 0 Å². The Morgan fingerprint density at radius 3 is 2.31 bits per heavy atom. The first-order valence-corrected chi connectivity index (χ1v) is 4.52. The topological polar surface area (TPSA) is 41.6 Å². The van der Waals surface area contributed by atoms with Crippen molar-refractivity contribution in [2.75, 3.05) is 0 Å². The van der Waals surface area contributed by atoms with Gasteiger partial charge in [-0.2, -0.15) is 13.2 Å². The predicted octanol–water partition coefficient (Wildman–Crippen LogP) is 2.80. The van der Waals surface area contributed by atoms with Crippen LogP contribution in [-0.4, -0.2) is 15.0 Å². The molecule has 0 aromatic carbocycles. The molecule has 0 aliphatic carbocycles. The van der Waals surface area contributed by atoms with E-state index < -0.39 is 11.9 Å². The SMILES string of the molecule is Cc1cnc(-c2ccc(C(F)(F)F)nc2)[nH]1. The average molecular weight is 227 g/mol. The van der Waals surface area contributed by atoms with E-state index in [9.17, 15) is 13.2 Å². The molecule has 16 heavy (non-hydrogen) atoms. The van der Waals surface area contributed by atoms with Crippen LogP contribution >= 0.6 is 0 Å². The van der Waals surface area contributed by atoms with E-state index in [1.807, 2.05) is 6.92 Å². The number of nitrogens with zero attached hydrogens (tertiary/aromatic N) is 2. The number of halogens is 3. The molecule has 0 saturated carbocycles. The van der Waals surface area contributed by atoms with Crippen LogP contribution < -0.4 is 0 Å². The van der Waals surface area contributed by atoms with Crippen molar-refractivity contribution in [2.24, 2.45) is 0 Å². The van der Waals surface area contributed by atoms with Crippen LogP contribution in [0.4, 0.5) is 13.2 Å². The molecular weight excluding hydrogens is 219 g/mol. The van der Waals surface area contributed by atoms with Crippen molar-refractivity contribution in [2.45, 2.75) is 13.1 Å². The maximum atomic E-state index is 12.2. The molecule has 0 aliphatic rings. The minimum atomic E-state index is -4.41. The lowest BCUT2D eigenvalue weighted by molar-refractivity contribution is -0.141. The molecule has 3 nitrogen and oxygen atoms in total. The van der Waals surface area contributed by atoms with Gasteiger partial charge in [-0.1, -0.05) is 0 Å². The molecule has 0 saturated heterocycles. The number of H-pyrrole nitrogens is 1. The molecule has 0 atom stereocenters. The first-order chi connectivity index (χ1) is 7.47.